The van der Waals surface area contributed by atoms with Crippen LogP contribution in [-0.2, 0) is 16.1 Å². The van der Waals surface area contributed by atoms with Crippen LogP contribution in [0.25, 0.3) is 6.08 Å². The maximum atomic E-state index is 14.0. The van der Waals surface area contributed by atoms with Crippen LogP contribution in [0.5, 0.6) is 17.2 Å². The summed E-state index contributed by atoms with van der Waals surface area (Å²) in [7, 11) is 3.07. The number of fused-ring (bicyclic) bond motifs is 1. The van der Waals surface area contributed by atoms with Crippen molar-refractivity contribution in [3.63, 3.8) is 0 Å². The Kier molecular flexibility index (Phi) is 9.39. The van der Waals surface area contributed by atoms with Crippen LogP contribution < -0.4 is 29.1 Å². The zero-order valence-electron chi connectivity index (χ0n) is 23.9. The highest BCUT2D eigenvalue weighted by molar-refractivity contribution is 9.10. The van der Waals surface area contributed by atoms with Crippen molar-refractivity contribution in [1.82, 2.24) is 4.57 Å². The van der Waals surface area contributed by atoms with Gasteiger partial charge in [-0.1, -0.05) is 63.1 Å². The Morgan fingerprint density at radius 2 is 1.81 bits per heavy atom. The van der Waals surface area contributed by atoms with E-state index >= 15 is 0 Å². The van der Waals surface area contributed by atoms with Gasteiger partial charge in [-0.2, -0.15) is 0 Å². The summed E-state index contributed by atoms with van der Waals surface area (Å²) in [6, 6.07) is 17.6. The van der Waals surface area contributed by atoms with Gasteiger partial charge in [-0.15, -0.1) is 0 Å². The fourth-order valence-electron chi connectivity index (χ4n) is 4.76. The molecule has 11 heteroatoms. The summed E-state index contributed by atoms with van der Waals surface area (Å²) in [5.41, 5.74) is 2.83. The Hall–Kier alpha value is -3.86. The van der Waals surface area contributed by atoms with Gasteiger partial charge < -0.3 is 18.9 Å². The predicted molar refractivity (Wildman–Crippen MR) is 170 cm³/mol. The maximum absolute atomic E-state index is 14.0. The maximum Gasteiger partial charge on any atom is 0.338 e. The minimum atomic E-state index is -0.819. The number of esters is 1. The Balaban J connectivity index is 1.59. The third-order valence-electron chi connectivity index (χ3n) is 6.79. The summed E-state index contributed by atoms with van der Waals surface area (Å²) in [5.74, 6) is 1.07. The smallest absolute Gasteiger partial charge is 0.338 e. The van der Waals surface area contributed by atoms with E-state index in [9.17, 15) is 9.59 Å². The highest BCUT2D eigenvalue weighted by atomic mass is 79.9. The normalized spacial score (nSPS) is 14.7. The van der Waals surface area contributed by atoms with Gasteiger partial charge in [0.15, 0.2) is 16.3 Å². The number of benzene rings is 3. The molecule has 1 atom stereocenters. The molecule has 1 aliphatic rings. The number of methoxy groups -OCH3 is 2. The molecule has 3 aromatic carbocycles. The zero-order valence-corrected chi connectivity index (χ0v) is 27.0. The van der Waals surface area contributed by atoms with Crippen molar-refractivity contribution >= 4 is 50.9 Å². The number of carbonyl (C=O) groups excluding carboxylic acids is 1. The number of aromatic nitrogens is 1. The van der Waals surface area contributed by atoms with Crippen LogP contribution in [0.3, 0.4) is 0 Å². The average Bonchev–Trinajstić information content (AvgIpc) is 3.30. The summed E-state index contributed by atoms with van der Waals surface area (Å²) in [6.45, 7) is 4.03. The van der Waals surface area contributed by atoms with Crippen LogP contribution in [0.4, 0.5) is 0 Å². The van der Waals surface area contributed by atoms with Crippen LogP contribution in [0.15, 0.2) is 86.2 Å². The lowest BCUT2D eigenvalue weighted by Crippen LogP contribution is -2.40. The fourth-order valence-corrected chi connectivity index (χ4v) is 6.47. The molecule has 0 saturated heterocycles. The van der Waals surface area contributed by atoms with E-state index in [1.165, 1.54) is 23.0 Å². The molecule has 0 unspecified atom stereocenters. The summed E-state index contributed by atoms with van der Waals surface area (Å²) >= 11 is 10.8. The largest absolute Gasteiger partial charge is 0.493 e. The second-order valence-electron chi connectivity index (χ2n) is 9.52. The van der Waals surface area contributed by atoms with Crippen molar-refractivity contribution in [1.29, 1.82) is 0 Å². The molecule has 1 aliphatic heterocycles. The molecule has 0 fully saturated rings. The number of hydrogen-bond acceptors (Lipinski definition) is 8. The van der Waals surface area contributed by atoms with E-state index in [4.69, 9.17) is 30.5 Å². The van der Waals surface area contributed by atoms with E-state index in [1.54, 1.807) is 39.2 Å². The summed E-state index contributed by atoms with van der Waals surface area (Å²) in [6.07, 6.45) is 1.79. The lowest BCUT2D eigenvalue weighted by Gasteiger charge is -2.26. The van der Waals surface area contributed by atoms with Crippen LogP contribution in [0.1, 0.15) is 36.6 Å². The molecule has 43 heavy (non-hydrogen) atoms. The number of nitrogens with zero attached hydrogens (tertiary/aromatic N) is 2. The molecule has 0 amide bonds. The van der Waals surface area contributed by atoms with Crippen molar-refractivity contribution in [2.75, 3.05) is 20.8 Å². The molecule has 5 rings (SSSR count). The van der Waals surface area contributed by atoms with Crippen molar-refractivity contribution in [3.8, 4) is 17.2 Å². The minimum absolute atomic E-state index is 0.177. The number of halogens is 2. The van der Waals surface area contributed by atoms with Crippen molar-refractivity contribution in [3.05, 3.63) is 118 Å². The Morgan fingerprint density at radius 1 is 1.09 bits per heavy atom. The van der Waals surface area contributed by atoms with E-state index < -0.39 is 12.0 Å². The lowest BCUT2D eigenvalue weighted by molar-refractivity contribution is -0.139. The standard InChI is InChI=1S/C32H28BrClN2O6S/c1-5-41-31(38)28-18(2)35-32-36(29(28)23-15-25(39-3)26(40-4)16-24(23)33)30(37)27(43-32)14-20-7-6-8-22(13-20)42-17-19-9-11-21(34)12-10-19/h6-16,29H,5,17H2,1-4H3/b27-14+/t29-/m1/s1. The summed E-state index contributed by atoms with van der Waals surface area (Å²) < 4.78 is 25.0. The first kappa shape index (κ1) is 30.6. The number of hydrogen-bond donors (Lipinski definition) is 0. The summed E-state index contributed by atoms with van der Waals surface area (Å²) in [5, 5.41) is 0.664. The molecule has 0 bridgehead atoms. The van der Waals surface area contributed by atoms with E-state index in [0.717, 1.165) is 11.1 Å². The van der Waals surface area contributed by atoms with Crippen LogP contribution in [0, 0.1) is 0 Å². The van der Waals surface area contributed by atoms with E-state index in [-0.39, 0.29) is 17.7 Å². The first-order valence-corrected chi connectivity index (χ1v) is 15.3. The second-order valence-corrected chi connectivity index (χ2v) is 11.8. The van der Waals surface area contributed by atoms with E-state index in [0.29, 0.717) is 53.9 Å². The van der Waals surface area contributed by atoms with Gasteiger partial charge in [-0.25, -0.2) is 9.79 Å². The molecule has 222 valence electrons. The molecule has 0 N–H and O–H groups in total. The third-order valence-corrected chi connectivity index (χ3v) is 8.71. The second kappa shape index (κ2) is 13.2. The SMILES string of the molecule is CCOC(=O)C1=C(C)N=c2s/c(=C/c3cccc(OCc4ccc(Cl)cc4)c3)c(=O)n2[C@@H]1c1cc(OC)c(OC)cc1Br. The zero-order chi connectivity index (χ0) is 30.7. The quantitative estimate of drug-likeness (QED) is 0.207. The van der Waals surface area contributed by atoms with Gasteiger partial charge in [0.05, 0.1) is 42.7 Å². The summed E-state index contributed by atoms with van der Waals surface area (Å²) in [4.78, 5) is 32.4. The highest BCUT2D eigenvalue weighted by Crippen LogP contribution is 2.40. The van der Waals surface area contributed by atoms with Gasteiger partial charge in [0.1, 0.15) is 12.4 Å². The van der Waals surface area contributed by atoms with Crippen LogP contribution in [0.2, 0.25) is 5.02 Å². The monoisotopic (exact) mass is 682 g/mol. The van der Waals surface area contributed by atoms with Crippen molar-refractivity contribution in [2.24, 2.45) is 4.99 Å². The number of ether oxygens (including phenoxy) is 4. The van der Waals surface area contributed by atoms with Gasteiger partial charge in [0.2, 0.25) is 0 Å². The minimum Gasteiger partial charge on any atom is -0.493 e. The van der Waals surface area contributed by atoms with Gasteiger partial charge in [-0.05, 0) is 73.0 Å². The molecule has 4 aromatic rings. The van der Waals surface area contributed by atoms with Gasteiger partial charge >= 0.3 is 5.97 Å². The number of carbonyl (C=O) groups is 1. The van der Waals surface area contributed by atoms with Crippen molar-refractivity contribution < 1.29 is 23.7 Å². The van der Waals surface area contributed by atoms with Gasteiger partial charge in [-0.3, -0.25) is 9.36 Å². The first-order chi connectivity index (χ1) is 20.7. The van der Waals surface area contributed by atoms with Crippen LogP contribution >= 0.6 is 38.9 Å². The molecule has 1 aromatic heterocycles. The molecule has 0 aliphatic carbocycles. The van der Waals surface area contributed by atoms with Gasteiger partial charge in [0, 0.05) is 9.50 Å². The third kappa shape index (κ3) is 6.41. The number of thiazole rings is 1. The van der Waals surface area contributed by atoms with Crippen LogP contribution in [-0.4, -0.2) is 31.4 Å². The molecule has 8 nitrogen and oxygen atoms in total. The predicted octanol–water partition coefficient (Wildman–Crippen LogP) is 5.81. The Morgan fingerprint density at radius 3 is 2.51 bits per heavy atom. The molecule has 0 spiro atoms. The highest BCUT2D eigenvalue weighted by Gasteiger charge is 2.35. The topological polar surface area (TPSA) is 88.4 Å². The van der Waals surface area contributed by atoms with E-state index in [1.807, 2.05) is 48.5 Å². The van der Waals surface area contributed by atoms with Crippen molar-refractivity contribution in [2.45, 2.75) is 26.5 Å². The van der Waals surface area contributed by atoms with Gasteiger partial charge in [0.25, 0.3) is 5.56 Å². The lowest BCUT2D eigenvalue weighted by atomic mass is 9.95. The Bertz CT molecular complexity index is 1900. The molecule has 0 radical (unpaired) electrons. The number of allylic oxidation sites excluding steroid dienone is 1. The molecule has 2 heterocycles. The Labute approximate surface area is 265 Å². The molecule has 0 saturated carbocycles. The first-order valence-electron chi connectivity index (χ1n) is 13.3. The molecular formula is C32H28BrClN2O6S. The molecular weight excluding hydrogens is 656 g/mol. The fraction of sp³-hybridized carbons (Fsp3) is 0.219. The average molecular weight is 684 g/mol. The van der Waals surface area contributed by atoms with E-state index in [2.05, 4.69) is 20.9 Å². The number of rotatable bonds is 9.